The van der Waals surface area contributed by atoms with Crippen molar-refractivity contribution in [2.75, 3.05) is 13.2 Å². The molecular weight excluding hydrogens is 344 g/mol. The molecule has 0 spiro atoms. The predicted octanol–water partition coefficient (Wildman–Crippen LogP) is 4.09. The van der Waals surface area contributed by atoms with Crippen molar-refractivity contribution in [3.8, 4) is 0 Å². The molecule has 0 bridgehead atoms. The smallest absolute Gasteiger partial charge is 0.154 e. The SMILES string of the molecule is CCCCCCCCCCCCCC/C=C/O[C@H]1[C@H](O)[C@@H](O)CO[C@@H]1CO. The molecular formula is C22H42O5. The summed E-state index contributed by atoms with van der Waals surface area (Å²) < 4.78 is 10.8. The molecule has 4 atom stereocenters. The largest absolute Gasteiger partial charge is 0.493 e. The van der Waals surface area contributed by atoms with E-state index >= 15 is 0 Å². The van der Waals surface area contributed by atoms with Crippen LogP contribution in [0.3, 0.4) is 0 Å². The van der Waals surface area contributed by atoms with Gasteiger partial charge in [0.25, 0.3) is 0 Å². The minimum Gasteiger partial charge on any atom is -0.493 e. The van der Waals surface area contributed by atoms with E-state index in [1.807, 2.05) is 6.08 Å². The third-order valence-electron chi connectivity index (χ3n) is 5.31. The number of hydrogen-bond acceptors (Lipinski definition) is 5. The van der Waals surface area contributed by atoms with Gasteiger partial charge in [-0.15, -0.1) is 0 Å². The Hall–Kier alpha value is -0.620. The first-order chi connectivity index (χ1) is 13.2. The fraction of sp³-hybridized carbons (Fsp3) is 0.909. The van der Waals surface area contributed by atoms with Gasteiger partial charge in [0.2, 0.25) is 0 Å². The number of aliphatic hydroxyl groups is 3. The molecule has 0 aromatic heterocycles. The molecule has 1 heterocycles. The summed E-state index contributed by atoms with van der Waals surface area (Å²) in [6.07, 6.45) is 17.2. The molecule has 1 rings (SSSR count). The number of ether oxygens (including phenoxy) is 2. The van der Waals surface area contributed by atoms with Crippen LogP contribution in [-0.4, -0.2) is 52.9 Å². The van der Waals surface area contributed by atoms with Gasteiger partial charge in [0.05, 0.1) is 19.5 Å². The van der Waals surface area contributed by atoms with Gasteiger partial charge in [-0.25, -0.2) is 0 Å². The molecule has 0 aromatic rings. The van der Waals surface area contributed by atoms with Crippen LogP contribution in [0, 0.1) is 0 Å². The van der Waals surface area contributed by atoms with Gasteiger partial charge in [0.1, 0.15) is 18.3 Å². The molecule has 5 heteroatoms. The first-order valence-corrected chi connectivity index (χ1v) is 11.1. The summed E-state index contributed by atoms with van der Waals surface area (Å²) in [5.41, 5.74) is 0. The predicted molar refractivity (Wildman–Crippen MR) is 109 cm³/mol. The Balaban J connectivity index is 1.94. The molecule has 27 heavy (non-hydrogen) atoms. The van der Waals surface area contributed by atoms with Crippen molar-refractivity contribution in [3.63, 3.8) is 0 Å². The van der Waals surface area contributed by atoms with E-state index in [1.165, 1.54) is 70.6 Å². The van der Waals surface area contributed by atoms with Gasteiger partial charge in [-0.2, -0.15) is 0 Å². The Morgan fingerprint density at radius 3 is 2.00 bits per heavy atom. The maximum atomic E-state index is 9.95. The van der Waals surface area contributed by atoms with Gasteiger partial charge >= 0.3 is 0 Å². The summed E-state index contributed by atoms with van der Waals surface area (Å²) >= 11 is 0. The summed E-state index contributed by atoms with van der Waals surface area (Å²) in [5, 5.41) is 28.8. The van der Waals surface area contributed by atoms with Gasteiger partial charge in [0.15, 0.2) is 6.10 Å². The highest BCUT2D eigenvalue weighted by atomic mass is 16.6. The molecule has 160 valence electrons. The fourth-order valence-electron chi connectivity index (χ4n) is 3.50. The van der Waals surface area contributed by atoms with E-state index in [0.29, 0.717) is 0 Å². The molecule has 1 aliphatic heterocycles. The van der Waals surface area contributed by atoms with Gasteiger partial charge in [0, 0.05) is 0 Å². The van der Waals surface area contributed by atoms with Crippen LogP contribution < -0.4 is 0 Å². The van der Waals surface area contributed by atoms with Crippen LogP contribution in [0.15, 0.2) is 12.3 Å². The number of hydrogen-bond donors (Lipinski definition) is 3. The Morgan fingerprint density at radius 1 is 0.889 bits per heavy atom. The molecule has 5 nitrogen and oxygen atoms in total. The van der Waals surface area contributed by atoms with Crippen LogP contribution in [0.1, 0.15) is 90.4 Å². The molecule has 3 N–H and O–H groups in total. The summed E-state index contributed by atoms with van der Waals surface area (Å²) in [6.45, 7) is 2.05. The van der Waals surface area contributed by atoms with Crippen LogP contribution in [-0.2, 0) is 9.47 Å². The lowest BCUT2D eigenvalue weighted by Gasteiger charge is -2.36. The number of rotatable bonds is 16. The lowest BCUT2D eigenvalue weighted by atomic mass is 10.0. The molecule has 0 aliphatic carbocycles. The number of aliphatic hydroxyl groups excluding tert-OH is 3. The topological polar surface area (TPSA) is 79.2 Å². The highest BCUT2D eigenvalue weighted by Crippen LogP contribution is 2.19. The molecule has 1 saturated heterocycles. The van der Waals surface area contributed by atoms with Crippen molar-refractivity contribution in [1.82, 2.24) is 0 Å². The first-order valence-electron chi connectivity index (χ1n) is 11.1. The lowest BCUT2D eigenvalue weighted by Crippen LogP contribution is -2.54. The minimum absolute atomic E-state index is 0.0226. The molecule has 1 fully saturated rings. The monoisotopic (exact) mass is 386 g/mol. The third-order valence-corrected chi connectivity index (χ3v) is 5.31. The van der Waals surface area contributed by atoms with Crippen molar-refractivity contribution >= 4 is 0 Å². The summed E-state index contributed by atoms with van der Waals surface area (Å²) in [5.74, 6) is 0. The summed E-state index contributed by atoms with van der Waals surface area (Å²) in [4.78, 5) is 0. The third kappa shape index (κ3) is 11.1. The average Bonchev–Trinajstić information content (AvgIpc) is 2.68. The molecule has 0 saturated carbocycles. The van der Waals surface area contributed by atoms with E-state index < -0.39 is 24.4 Å². The second-order valence-electron chi connectivity index (χ2n) is 7.76. The summed E-state index contributed by atoms with van der Waals surface area (Å²) in [7, 11) is 0. The quantitative estimate of drug-likeness (QED) is 0.275. The highest BCUT2D eigenvalue weighted by Gasteiger charge is 2.39. The van der Waals surface area contributed by atoms with Gasteiger partial charge in [-0.05, 0) is 18.9 Å². The van der Waals surface area contributed by atoms with Crippen molar-refractivity contribution in [3.05, 3.63) is 12.3 Å². The van der Waals surface area contributed by atoms with Crippen LogP contribution in [0.25, 0.3) is 0 Å². The van der Waals surface area contributed by atoms with Crippen molar-refractivity contribution in [1.29, 1.82) is 0 Å². The Labute approximate surface area is 165 Å². The van der Waals surface area contributed by atoms with Crippen LogP contribution in [0.5, 0.6) is 0 Å². The van der Waals surface area contributed by atoms with E-state index in [2.05, 4.69) is 6.92 Å². The Morgan fingerprint density at radius 2 is 1.44 bits per heavy atom. The second kappa shape index (κ2) is 16.3. The first kappa shape index (κ1) is 24.4. The van der Waals surface area contributed by atoms with Crippen LogP contribution >= 0.6 is 0 Å². The fourth-order valence-corrected chi connectivity index (χ4v) is 3.50. The van der Waals surface area contributed by atoms with Gasteiger partial charge in [-0.1, -0.05) is 77.6 Å². The van der Waals surface area contributed by atoms with Crippen molar-refractivity contribution < 1.29 is 24.8 Å². The van der Waals surface area contributed by atoms with Crippen molar-refractivity contribution in [2.24, 2.45) is 0 Å². The van der Waals surface area contributed by atoms with E-state index in [1.54, 1.807) is 6.26 Å². The molecule has 0 aromatic carbocycles. The van der Waals surface area contributed by atoms with E-state index in [-0.39, 0.29) is 13.2 Å². The molecule has 0 unspecified atom stereocenters. The highest BCUT2D eigenvalue weighted by molar-refractivity contribution is 4.89. The maximum absolute atomic E-state index is 9.95. The van der Waals surface area contributed by atoms with Gasteiger partial charge in [-0.3, -0.25) is 0 Å². The molecule has 0 amide bonds. The Kier molecular flexibility index (Phi) is 14.8. The van der Waals surface area contributed by atoms with Crippen LogP contribution in [0.4, 0.5) is 0 Å². The summed E-state index contributed by atoms with van der Waals surface area (Å²) in [6, 6.07) is 0. The zero-order chi connectivity index (χ0) is 19.7. The Bertz CT molecular complexity index is 359. The number of allylic oxidation sites excluding steroid dienone is 1. The molecule has 1 aliphatic rings. The van der Waals surface area contributed by atoms with Crippen molar-refractivity contribution in [2.45, 2.75) is 115 Å². The standard InChI is InChI=1S/C22H42O5/c1-2-3-4-5-6-7-8-9-10-11-12-13-14-15-16-26-22-20(17-23)27-18-19(24)21(22)25/h15-16,19-25H,2-14,17-18H2,1H3/b16-15+/t19-,20+,21+,22+/m0/s1. The normalized spacial score (nSPS) is 25.9. The zero-order valence-corrected chi connectivity index (χ0v) is 17.2. The van der Waals surface area contributed by atoms with E-state index in [4.69, 9.17) is 9.47 Å². The lowest BCUT2D eigenvalue weighted by molar-refractivity contribution is -0.197. The average molecular weight is 387 g/mol. The molecule has 0 radical (unpaired) electrons. The van der Waals surface area contributed by atoms with Crippen LogP contribution in [0.2, 0.25) is 0 Å². The van der Waals surface area contributed by atoms with E-state index in [9.17, 15) is 15.3 Å². The van der Waals surface area contributed by atoms with Gasteiger partial charge < -0.3 is 24.8 Å². The zero-order valence-electron chi connectivity index (χ0n) is 17.2. The maximum Gasteiger partial charge on any atom is 0.154 e. The van der Waals surface area contributed by atoms with E-state index in [0.717, 1.165) is 12.8 Å². The number of unbranched alkanes of at least 4 members (excludes halogenated alkanes) is 12. The minimum atomic E-state index is -1.04. The second-order valence-corrected chi connectivity index (χ2v) is 7.76.